The number of ether oxygens (including phenoxy) is 1. The highest BCUT2D eigenvalue weighted by Gasteiger charge is 2.23. The third kappa shape index (κ3) is 4.21. The standard InChI is InChI=1S/C20H26N2O3/c1-13-6-4-5-7-19(13)21-20(23)16-8-10-17(11-9-16)24-12-18-14(2)22-25-15(18)3/h8-11,13,19H,4-7,12H2,1-3H3,(H,21,23)/t13-,19-/m0/s1. The zero-order valence-electron chi connectivity index (χ0n) is 15.2. The van der Waals surface area contributed by atoms with Crippen LogP contribution in [-0.2, 0) is 6.61 Å². The van der Waals surface area contributed by atoms with Gasteiger partial charge in [0.05, 0.1) is 11.3 Å². The maximum atomic E-state index is 12.4. The van der Waals surface area contributed by atoms with Gasteiger partial charge in [-0.3, -0.25) is 4.79 Å². The van der Waals surface area contributed by atoms with Crippen molar-refractivity contribution in [1.29, 1.82) is 0 Å². The fourth-order valence-corrected chi connectivity index (χ4v) is 3.35. The Morgan fingerprint density at radius 1 is 1.24 bits per heavy atom. The molecule has 3 rings (SSSR count). The first kappa shape index (κ1) is 17.5. The summed E-state index contributed by atoms with van der Waals surface area (Å²) < 4.78 is 10.9. The van der Waals surface area contributed by atoms with Crippen LogP contribution in [0.2, 0.25) is 0 Å². The van der Waals surface area contributed by atoms with Crippen LogP contribution in [0.4, 0.5) is 0 Å². The molecule has 0 bridgehead atoms. The molecule has 0 spiro atoms. The van der Waals surface area contributed by atoms with Gasteiger partial charge in [0.15, 0.2) is 0 Å². The maximum absolute atomic E-state index is 12.4. The molecule has 2 aromatic rings. The highest BCUT2D eigenvalue weighted by atomic mass is 16.5. The van der Waals surface area contributed by atoms with Crippen LogP contribution in [0.3, 0.4) is 0 Å². The van der Waals surface area contributed by atoms with Crippen molar-refractivity contribution in [2.75, 3.05) is 0 Å². The van der Waals surface area contributed by atoms with Crippen LogP contribution in [0.5, 0.6) is 5.75 Å². The number of rotatable bonds is 5. The predicted molar refractivity (Wildman–Crippen MR) is 95.6 cm³/mol. The Kier molecular flexibility index (Phi) is 5.41. The fraction of sp³-hybridized carbons (Fsp3) is 0.500. The van der Waals surface area contributed by atoms with E-state index in [0.717, 1.165) is 29.2 Å². The minimum absolute atomic E-state index is 0.00368. The molecule has 1 heterocycles. The van der Waals surface area contributed by atoms with E-state index in [9.17, 15) is 4.79 Å². The number of benzene rings is 1. The van der Waals surface area contributed by atoms with Crippen LogP contribution in [-0.4, -0.2) is 17.1 Å². The van der Waals surface area contributed by atoms with E-state index in [2.05, 4.69) is 17.4 Å². The smallest absolute Gasteiger partial charge is 0.251 e. The van der Waals surface area contributed by atoms with Crippen LogP contribution in [0.1, 0.15) is 60.0 Å². The van der Waals surface area contributed by atoms with Crippen molar-refractivity contribution in [3.05, 3.63) is 46.8 Å². The lowest BCUT2D eigenvalue weighted by molar-refractivity contribution is 0.0910. The van der Waals surface area contributed by atoms with Crippen molar-refractivity contribution in [2.45, 2.75) is 59.1 Å². The molecule has 1 saturated carbocycles. The summed E-state index contributed by atoms with van der Waals surface area (Å²) >= 11 is 0. The topological polar surface area (TPSA) is 64.4 Å². The van der Waals surface area contributed by atoms with E-state index in [4.69, 9.17) is 9.26 Å². The third-order valence-electron chi connectivity index (χ3n) is 5.11. The van der Waals surface area contributed by atoms with Gasteiger partial charge in [0.2, 0.25) is 0 Å². The van der Waals surface area contributed by atoms with Gasteiger partial charge >= 0.3 is 0 Å². The summed E-state index contributed by atoms with van der Waals surface area (Å²) in [7, 11) is 0. The van der Waals surface area contributed by atoms with E-state index in [1.165, 1.54) is 19.3 Å². The molecule has 1 fully saturated rings. The minimum Gasteiger partial charge on any atom is -0.489 e. The van der Waals surface area contributed by atoms with E-state index in [1.54, 1.807) is 0 Å². The number of hydrogen-bond acceptors (Lipinski definition) is 4. The maximum Gasteiger partial charge on any atom is 0.251 e. The number of carbonyl (C=O) groups excluding carboxylic acids is 1. The zero-order chi connectivity index (χ0) is 17.8. The Morgan fingerprint density at radius 3 is 2.60 bits per heavy atom. The van der Waals surface area contributed by atoms with E-state index in [1.807, 2.05) is 38.1 Å². The van der Waals surface area contributed by atoms with Gasteiger partial charge in [0.1, 0.15) is 18.1 Å². The van der Waals surface area contributed by atoms with Crippen LogP contribution in [0, 0.1) is 19.8 Å². The number of amides is 1. The molecule has 134 valence electrons. The minimum atomic E-state index is -0.00368. The van der Waals surface area contributed by atoms with Crippen molar-refractivity contribution >= 4 is 5.91 Å². The summed E-state index contributed by atoms with van der Waals surface area (Å²) in [6.07, 6.45) is 4.74. The van der Waals surface area contributed by atoms with E-state index >= 15 is 0 Å². The van der Waals surface area contributed by atoms with Crippen LogP contribution >= 0.6 is 0 Å². The predicted octanol–water partition coefficient (Wildman–Crippen LogP) is 4.18. The van der Waals surface area contributed by atoms with Crippen LogP contribution < -0.4 is 10.1 Å². The number of nitrogens with one attached hydrogen (secondary N) is 1. The summed E-state index contributed by atoms with van der Waals surface area (Å²) in [4.78, 5) is 12.4. The van der Waals surface area contributed by atoms with Crippen molar-refractivity contribution in [2.24, 2.45) is 5.92 Å². The summed E-state index contributed by atoms with van der Waals surface area (Å²) in [5.41, 5.74) is 2.48. The number of nitrogens with zero attached hydrogens (tertiary/aromatic N) is 1. The average molecular weight is 342 g/mol. The normalized spacial score (nSPS) is 20.3. The second kappa shape index (κ2) is 7.72. The van der Waals surface area contributed by atoms with Crippen molar-refractivity contribution < 1.29 is 14.1 Å². The van der Waals surface area contributed by atoms with E-state index < -0.39 is 0 Å². The van der Waals surface area contributed by atoms with Gasteiger partial charge in [-0.25, -0.2) is 0 Å². The number of carbonyl (C=O) groups is 1. The van der Waals surface area contributed by atoms with Gasteiger partial charge in [-0.1, -0.05) is 24.9 Å². The molecule has 0 unspecified atom stereocenters. The lowest BCUT2D eigenvalue weighted by atomic mass is 9.86. The monoisotopic (exact) mass is 342 g/mol. The lowest BCUT2D eigenvalue weighted by Crippen LogP contribution is -2.41. The molecule has 1 aliphatic carbocycles. The van der Waals surface area contributed by atoms with Crippen molar-refractivity contribution in [3.63, 3.8) is 0 Å². The molecule has 5 heteroatoms. The van der Waals surface area contributed by atoms with Gasteiger partial charge in [-0.2, -0.15) is 0 Å². The Labute approximate surface area is 148 Å². The lowest BCUT2D eigenvalue weighted by Gasteiger charge is -2.29. The second-order valence-electron chi connectivity index (χ2n) is 6.96. The highest BCUT2D eigenvalue weighted by Crippen LogP contribution is 2.24. The SMILES string of the molecule is Cc1noc(C)c1COc1ccc(C(=O)N[C@H]2CCCC[C@@H]2C)cc1. The molecular weight excluding hydrogens is 316 g/mol. The Hall–Kier alpha value is -2.30. The molecule has 1 amide bonds. The molecule has 0 aliphatic heterocycles. The van der Waals surface area contributed by atoms with Crippen LogP contribution in [0.25, 0.3) is 0 Å². The van der Waals surface area contributed by atoms with Crippen molar-refractivity contribution in [1.82, 2.24) is 10.5 Å². The molecule has 0 radical (unpaired) electrons. The largest absolute Gasteiger partial charge is 0.489 e. The second-order valence-corrected chi connectivity index (χ2v) is 6.96. The van der Waals surface area contributed by atoms with Gasteiger partial charge in [0.25, 0.3) is 5.91 Å². The molecule has 25 heavy (non-hydrogen) atoms. The summed E-state index contributed by atoms with van der Waals surface area (Å²) in [5.74, 6) is 2.05. The van der Waals surface area contributed by atoms with Gasteiger partial charge in [-0.05, 0) is 56.9 Å². The molecule has 2 atom stereocenters. The quantitative estimate of drug-likeness (QED) is 0.885. The molecular formula is C20H26N2O3. The Bertz CT molecular complexity index is 702. The zero-order valence-corrected chi connectivity index (χ0v) is 15.2. The average Bonchev–Trinajstić information content (AvgIpc) is 2.93. The number of aromatic nitrogens is 1. The molecule has 1 aromatic heterocycles. The van der Waals surface area contributed by atoms with Gasteiger partial charge < -0.3 is 14.6 Å². The first-order chi connectivity index (χ1) is 12.0. The first-order valence-electron chi connectivity index (χ1n) is 9.00. The molecule has 5 nitrogen and oxygen atoms in total. The van der Waals surface area contributed by atoms with Gasteiger partial charge in [-0.15, -0.1) is 0 Å². The molecule has 1 N–H and O–H groups in total. The third-order valence-corrected chi connectivity index (χ3v) is 5.11. The fourth-order valence-electron chi connectivity index (χ4n) is 3.35. The molecule has 1 aromatic carbocycles. The summed E-state index contributed by atoms with van der Waals surface area (Å²) in [5, 5.41) is 7.09. The summed E-state index contributed by atoms with van der Waals surface area (Å²) in [6.45, 7) is 6.40. The van der Waals surface area contributed by atoms with E-state index in [-0.39, 0.29) is 11.9 Å². The number of aryl methyl sites for hydroxylation is 2. The van der Waals surface area contributed by atoms with Crippen LogP contribution in [0.15, 0.2) is 28.8 Å². The first-order valence-corrected chi connectivity index (χ1v) is 9.00. The highest BCUT2D eigenvalue weighted by molar-refractivity contribution is 5.94. The number of hydrogen-bond donors (Lipinski definition) is 1. The molecule has 1 aliphatic rings. The van der Waals surface area contributed by atoms with Crippen molar-refractivity contribution in [3.8, 4) is 5.75 Å². The Morgan fingerprint density at radius 2 is 1.96 bits per heavy atom. The van der Waals surface area contributed by atoms with E-state index in [0.29, 0.717) is 18.1 Å². The summed E-state index contributed by atoms with van der Waals surface area (Å²) in [6, 6.07) is 7.57. The Balaban J connectivity index is 1.57. The van der Waals surface area contributed by atoms with Gasteiger partial charge in [0, 0.05) is 11.6 Å². The molecule has 0 saturated heterocycles.